The molecule has 1 unspecified atom stereocenters. The minimum atomic E-state index is 0.713. The molecule has 1 aliphatic carbocycles. The molecule has 1 aromatic carbocycles. The summed E-state index contributed by atoms with van der Waals surface area (Å²) in [6.07, 6.45) is 4.11. The molecule has 1 atom stereocenters. The summed E-state index contributed by atoms with van der Waals surface area (Å²) in [5.74, 6) is 0.939. The molecule has 3 heteroatoms. The second kappa shape index (κ2) is 5.37. The molecule has 18 heavy (non-hydrogen) atoms. The number of benzene rings is 1. The standard InChI is InChI=1S/C15H21IN2/c1-11-3-6-13(16)9-15(11)18-8-2-7-17-14(10-18)12-4-5-12/h3,6,9,12,14,17H,2,4-5,7-8,10H2,1H3. The van der Waals surface area contributed by atoms with Crippen LogP contribution in [0.4, 0.5) is 5.69 Å². The van der Waals surface area contributed by atoms with Gasteiger partial charge in [0.2, 0.25) is 0 Å². The summed E-state index contributed by atoms with van der Waals surface area (Å²) in [6, 6.07) is 7.50. The molecule has 98 valence electrons. The highest BCUT2D eigenvalue weighted by Crippen LogP contribution is 2.34. The Labute approximate surface area is 123 Å². The molecule has 1 saturated carbocycles. The van der Waals surface area contributed by atoms with E-state index in [1.807, 2.05) is 0 Å². The largest absolute Gasteiger partial charge is 0.370 e. The van der Waals surface area contributed by atoms with Crippen LogP contribution in [0, 0.1) is 16.4 Å². The smallest absolute Gasteiger partial charge is 0.0407 e. The number of anilines is 1. The Morgan fingerprint density at radius 1 is 1.33 bits per heavy atom. The molecule has 0 amide bonds. The van der Waals surface area contributed by atoms with Gasteiger partial charge in [0, 0.05) is 28.4 Å². The van der Waals surface area contributed by atoms with Crippen molar-refractivity contribution < 1.29 is 0 Å². The van der Waals surface area contributed by atoms with Crippen LogP contribution in [0.15, 0.2) is 18.2 Å². The first-order chi connectivity index (χ1) is 8.74. The Kier molecular flexibility index (Phi) is 3.80. The normalized spacial score (nSPS) is 25.0. The molecule has 1 heterocycles. The van der Waals surface area contributed by atoms with E-state index in [2.05, 4.69) is 57.9 Å². The van der Waals surface area contributed by atoms with Crippen molar-refractivity contribution in [3.8, 4) is 0 Å². The molecule has 1 aromatic rings. The van der Waals surface area contributed by atoms with Crippen LogP contribution in [0.2, 0.25) is 0 Å². The van der Waals surface area contributed by atoms with Crippen LogP contribution in [0.5, 0.6) is 0 Å². The number of rotatable bonds is 2. The maximum atomic E-state index is 3.73. The molecule has 3 rings (SSSR count). The predicted octanol–water partition coefficient (Wildman–Crippen LogP) is 3.18. The zero-order valence-electron chi connectivity index (χ0n) is 11.0. The maximum Gasteiger partial charge on any atom is 0.0407 e. The Hall–Kier alpha value is -0.290. The van der Waals surface area contributed by atoms with E-state index >= 15 is 0 Å². The first kappa shape index (κ1) is 12.7. The van der Waals surface area contributed by atoms with Crippen molar-refractivity contribution in [2.45, 2.75) is 32.2 Å². The van der Waals surface area contributed by atoms with E-state index in [1.165, 1.54) is 53.7 Å². The van der Waals surface area contributed by atoms with Gasteiger partial charge in [0.25, 0.3) is 0 Å². The Morgan fingerprint density at radius 3 is 2.94 bits per heavy atom. The molecule has 0 radical (unpaired) electrons. The average molecular weight is 356 g/mol. The lowest BCUT2D eigenvalue weighted by molar-refractivity contribution is 0.490. The first-order valence-corrected chi connectivity index (χ1v) is 8.06. The molecule has 2 fully saturated rings. The van der Waals surface area contributed by atoms with E-state index in [0.717, 1.165) is 5.92 Å². The van der Waals surface area contributed by atoms with E-state index in [1.54, 1.807) is 0 Å². The molecule has 0 aromatic heterocycles. The maximum absolute atomic E-state index is 3.73. The molecule has 0 spiro atoms. The summed E-state index contributed by atoms with van der Waals surface area (Å²) < 4.78 is 1.34. The summed E-state index contributed by atoms with van der Waals surface area (Å²) >= 11 is 2.42. The van der Waals surface area contributed by atoms with Crippen molar-refractivity contribution >= 4 is 28.3 Å². The van der Waals surface area contributed by atoms with Gasteiger partial charge < -0.3 is 10.2 Å². The predicted molar refractivity (Wildman–Crippen MR) is 85.2 cm³/mol. The van der Waals surface area contributed by atoms with Gasteiger partial charge in [0.05, 0.1) is 0 Å². The third-order valence-electron chi connectivity index (χ3n) is 4.13. The van der Waals surface area contributed by atoms with Crippen LogP contribution in [-0.2, 0) is 0 Å². The van der Waals surface area contributed by atoms with Crippen molar-refractivity contribution in [1.29, 1.82) is 0 Å². The van der Waals surface area contributed by atoms with Crippen molar-refractivity contribution in [1.82, 2.24) is 5.32 Å². The minimum absolute atomic E-state index is 0.713. The lowest BCUT2D eigenvalue weighted by Gasteiger charge is -2.28. The molecule has 2 nitrogen and oxygen atoms in total. The van der Waals surface area contributed by atoms with Crippen LogP contribution in [-0.4, -0.2) is 25.7 Å². The van der Waals surface area contributed by atoms with E-state index in [4.69, 9.17) is 0 Å². The van der Waals surface area contributed by atoms with Gasteiger partial charge >= 0.3 is 0 Å². The highest BCUT2D eigenvalue weighted by Gasteiger charge is 2.33. The lowest BCUT2D eigenvalue weighted by Crippen LogP contribution is -2.39. The highest BCUT2D eigenvalue weighted by molar-refractivity contribution is 14.1. The third kappa shape index (κ3) is 2.82. The van der Waals surface area contributed by atoms with Crippen molar-refractivity contribution in [2.75, 3.05) is 24.5 Å². The SMILES string of the molecule is Cc1ccc(I)cc1N1CCCNC(C2CC2)C1. The van der Waals surface area contributed by atoms with Crippen molar-refractivity contribution in [3.05, 3.63) is 27.3 Å². The Balaban J connectivity index is 1.82. The van der Waals surface area contributed by atoms with E-state index in [-0.39, 0.29) is 0 Å². The summed E-state index contributed by atoms with van der Waals surface area (Å²) in [6.45, 7) is 5.79. The highest BCUT2D eigenvalue weighted by atomic mass is 127. The van der Waals surface area contributed by atoms with Crippen LogP contribution in [0.1, 0.15) is 24.8 Å². The topological polar surface area (TPSA) is 15.3 Å². The number of aryl methyl sites for hydroxylation is 1. The van der Waals surface area contributed by atoms with E-state index < -0.39 is 0 Å². The van der Waals surface area contributed by atoms with Crippen LogP contribution < -0.4 is 10.2 Å². The van der Waals surface area contributed by atoms with Crippen molar-refractivity contribution in [2.24, 2.45) is 5.92 Å². The fourth-order valence-corrected chi connectivity index (χ4v) is 3.38. The van der Waals surface area contributed by atoms with Crippen LogP contribution in [0.25, 0.3) is 0 Å². The fourth-order valence-electron chi connectivity index (χ4n) is 2.91. The zero-order chi connectivity index (χ0) is 12.5. The Morgan fingerprint density at radius 2 is 2.17 bits per heavy atom. The summed E-state index contributed by atoms with van der Waals surface area (Å²) in [4.78, 5) is 2.60. The van der Waals surface area contributed by atoms with Gasteiger partial charge in [-0.3, -0.25) is 0 Å². The molecular formula is C15H21IN2. The average Bonchev–Trinajstić information content (AvgIpc) is 3.16. The number of hydrogen-bond donors (Lipinski definition) is 1. The number of halogens is 1. The summed E-state index contributed by atoms with van der Waals surface area (Å²) in [5, 5.41) is 3.73. The second-order valence-electron chi connectivity index (χ2n) is 5.63. The van der Waals surface area contributed by atoms with Crippen LogP contribution >= 0.6 is 22.6 Å². The van der Waals surface area contributed by atoms with Gasteiger partial charge in [-0.2, -0.15) is 0 Å². The fraction of sp³-hybridized carbons (Fsp3) is 0.600. The molecule has 1 saturated heterocycles. The molecule has 0 bridgehead atoms. The molecule has 2 aliphatic rings. The van der Waals surface area contributed by atoms with Crippen LogP contribution in [0.3, 0.4) is 0 Å². The van der Waals surface area contributed by atoms with Gasteiger partial charge in [0.15, 0.2) is 0 Å². The van der Waals surface area contributed by atoms with Crippen molar-refractivity contribution in [3.63, 3.8) is 0 Å². The van der Waals surface area contributed by atoms with Gasteiger partial charge in [-0.05, 0) is 78.9 Å². The minimum Gasteiger partial charge on any atom is -0.370 e. The first-order valence-electron chi connectivity index (χ1n) is 6.98. The molecule has 1 N–H and O–H groups in total. The number of nitrogens with one attached hydrogen (secondary N) is 1. The van der Waals surface area contributed by atoms with Gasteiger partial charge in [-0.1, -0.05) is 6.07 Å². The lowest BCUT2D eigenvalue weighted by atomic mass is 10.1. The number of hydrogen-bond acceptors (Lipinski definition) is 2. The quantitative estimate of drug-likeness (QED) is 0.819. The summed E-state index contributed by atoms with van der Waals surface area (Å²) in [7, 11) is 0. The Bertz CT molecular complexity index is 429. The monoisotopic (exact) mass is 356 g/mol. The van der Waals surface area contributed by atoms with E-state index in [9.17, 15) is 0 Å². The zero-order valence-corrected chi connectivity index (χ0v) is 13.1. The molecular weight excluding hydrogens is 335 g/mol. The van der Waals surface area contributed by atoms with E-state index in [0.29, 0.717) is 6.04 Å². The second-order valence-corrected chi connectivity index (χ2v) is 6.87. The van der Waals surface area contributed by atoms with Gasteiger partial charge in [0.1, 0.15) is 0 Å². The summed E-state index contributed by atoms with van der Waals surface area (Å²) in [5.41, 5.74) is 2.85. The third-order valence-corrected chi connectivity index (χ3v) is 4.80. The molecule has 1 aliphatic heterocycles. The number of nitrogens with zero attached hydrogens (tertiary/aromatic N) is 1. The van der Waals surface area contributed by atoms with Gasteiger partial charge in [-0.15, -0.1) is 0 Å². The van der Waals surface area contributed by atoms with Gasteiger partial charge in [-0.25, -0.2) is 0 Å².